The minimum Gasteiger partial charge on any atom is -0.353 e. The highest BCUT2D eigenvalue weighted by Crippen LogP contribution is 2.27. The zero-order valence-corrected chi connectivity index (χ0v) is 19.3. The standard InChI is InChI=1S/C23H29ClN2O3S/c1-5-14(3)19(10-8-18(28)6-2)26-23(29)16(11-15(4)27)12-22-25-20-9-7-17(24)13-21(20)30-22/h6-7,9,13-14,16,19H,2,5,8,10-12H2,1,3-4H3,(H,26,29)/t14-,16-,19+/m0/s1. The molecule has 1 N–H and O–H groups in total. The van der Waals surface area contributed by atoms with Gasteiger partial charge in [0.25, 0.3) is 0 Å². The number of nitrogens with one attached hydrogen (secondary N) is 1. The molecule has 5 nitrogen and oxygen atoms in total. The number of amides is 1. The summed E-state index contributed by atoms with van der Waals surface area (Å²) in [6.45, 7) is 9.11. The van der Waals surface area contributed by atoms with Gasteiger partial charge in [0.15, 0.2) is 5.78 Å². The molecular weight excluding hydrogens is 420 g/mol. The second-order valence-electron chi connectivity index (χ2n) is 7.74. The van der Waals surface area contributed by atoms with Crippen LogP contribution in [0.3, 0.4) is 0 Å². The van der Waals surface area contributed by atoms with Gasteiger partial charge in [-0.25, -0.2) is 4.98 Å². The van der Waals surface area contributed by atoms with Gasteiger partial charge in [0.1, 0.15) is 5.78 Å². The van der Waals surface area contributed by atoms with Gasteiger partial charge in [-0.15, -0.1) is 11.3 Å². The monoisotopic (exact) mass is 448 g/mol. The number of fused-ring (bicyclic) bond motifs is 1. The summed E-state index contributed by atoms with van der Waals surface area (Å²) in [7, 11) is 0. The lowest BCUT2D eigenvalue weighted by molar-refractivity contribution is -0.129. The number of halogens is 1. The Morgan fingerprint density at radius 3 is 2.70 bits per heavy atom. The van der Waals surface area contributed by atoms with Gasteiger partial charge in [0.2, 0.25) is 5.91 Å². The summed E-state index contributed by atoms with van der Waals surface area (Å²) >= 11 is 7.54. The molecule has 0 saturated carbocycles. The summed E-state index contributed by atoms with van der Waals surface area (Å²) in [5.74, 6) is -0.527. The Morgan fingerprint density at radius 2 is 2.07 bits per heavy atom. The van der Waals surface area contributed by atoms with Crippen LogP contribution in [0, 0.1) is 11.8 Å². The molecule has 0 fully saturated rings. The van der Waals surface area contributed by atoms with Crippen molar-refractivity contribution in [3.8, 4) is 0 Å². The fourth-order valence-electron chi connectivity index (χ4n) is 3.33. The van der Waals surface area contributed by atoms with Crippen LogP contribution in [-0.2, 0) is 20.8 Å². The predicted octanol–water partition coefficient (Wildman–Crippen LogP) is 5.15. The van der Waals surface area contributed by atoms with E-state index in [0.29, 0.717) is 24.3 Å². The summed E-state index contributed by atoms with van der Waals surface area (Å²) in [5.41, 5.74) is 0.835. The maximum atomic E-state index is 13.1. The van der Waals surface area contributed by atoms with E-state index in [1.165, 1.54) is 24.3 Å². The Balaban J connectivity index is 2.16. The highest BCUT2D eigenvalue weighted by Gasteiger charge is 2.26. The van der Waals surface area contributed by atoms with Crippen LogP contribution < -0.4 is 5.32 Å². The van der Waals surface area contributed by atoms with E-state index in [-0.39, 0.29) is 35.9 Å². The lowest BCUT2D eigenvalue weighted by Crippen LogP contribution is -2.43. The molecule has 162 valence electrons. The van der Waals surface area contributed by atoms with Crippen molar-refractivity contribution < 1.29 is 14.4 Å². The maximum absolute atomic E-state index is 13.1. The topological polar surface area (TPSA) is 76.1 Å². The summed E-state index contributed by atoms with van der Waals surface area (Å²) < 4.78 is 0.958. The number of aromatic nitrogens is 1. The van der Waals surface area contributed by atoms with Crippen LogP contribution in [0.2, 0.25) is 5.02 Å². The second-order valence-corrected chi connectivity index (χ2v) is 9.29. The van der Waals surface area contributed by atoms with E-state index in [0.717, 1.165) is 21.6 Å². The Hall–Kier alpha value is -2.05. The van der Waals surface area contributed by atoms with Gasteiger partial charge < -0.3 is 10.1 Å². The van der Waals surface area contributed by atoms with Crippen molar-refractivity contribution >= 4 is 50.6 Å². The van der Waals surface area contributed by atoms with Crippen LogP contribution in [0.1, 0.15) is 51.5 Å². The van der Waals surface area contributed by atoms with Crippen LogP contribution in [0.25, 0.3) is 10.2 Å². The fraction of sp³-hybridized carbons (Fsp3) is 0.478. The summed E-state index contributed by atoms with van der Waals surface area (Å²) in [6, 6.07) is 5.37. The maximum Gasteiger partial charge on any atom is 0.224 e. The second kappa shape index (κ2) is 11.4. The number of nitrogens with zero attached hydrogens (tertiary/aromatic N) is 1. The van der Waals surface area contributed by atoms with Gasteiger partial charge in [-0.05, 0) is 43.5 Å². The molecule has 1 amide bonds. The van der Waals surface area contributed by atoms with E-state index in [1.807, 2.05) is 12.1 Å². The first kappa shape index (κ1) is 24.2. The van der Waals surface area contributed by atoms with Crippen molar-refractivity contribution in [2.24, 2.45) is 11.8 Å². The van der Waals surface area contributed by atoms with Crippen molar-refractivity contribution in [1.82, 2.24) is 10.3 Å². The number of carbonyl (C=O) groups excluding carboxylic acids is 3. The molecule has 1 heterocycles. The molecule has 1 aromatic carbocycles. The van der Waals surface area contributed by atoms with E-state index in [2.05, 4.69) is 30.7 Å². The fourth-order valence-corrected chi connectivity index (χ4v) is 4.66. The van der Waals surface area contributed by atoms with Gasteiger partial charge in [0.05, 0.1) is 21.1 Å². The molecule has 0 saturated heterocycles. The van der Waals surface area contributed by atoms with Crippen molar-refractivity contribution in [3.63, 3.8) is 0 Å². The number of hydrogen-bond donors (Lipinski definition) is 1. The molecule has 0 unspecified atom stereocenters. The number of ketones is 2. The van der Waals surface area contributed by atoms with Gasteiger partial charge in [-0.1, -0.05) is 38.4 Å². The molecule has 7 heteroatoms. The lowest BCUT2D eigenvalue weighted by Gasteiger charge is -2.26. The molecule has 0 aliphatic carbocycles. The van der Waals surface area contributed by atoms with Crippen LogP contribution in [-0.4, -0.2) is 28.5 Å². The molecule has 0 bridgehead atoms. The van der Waals surface area contributed by atoms with E-state index in [9.17, 15) is 14.4 Å². The molecule has 0 spiro atoms. The smallest absolute Gasteiger partial charge is 0.224 e. The molecule has 1 aromatic heterocycles. The predicted molar refractivity (Wildman–Crippen MR) is 123 cm³/mol. The number of carbonyl (C=O) groups is 3. The third-order valence-electron chi connectivity index (χ3n) is 5.31. The van der Waals surface area contributed by atoms with E-state index in [1.54, 1.807) is 6.07 Å². The highest BCUT2D eigenvalue weighted by atomic mass is 35.5. The average molecular weight is 449 g/mol. The largest absolute Gasteiger partial charge is 0.353 e. The number of rotatable bonds is 12. The molecular formula is C23H29ClN2O3S. The molecule has 2 aromatic rings. The molecule has 0 aliphatic heterocycles. The van der Waals surface area contributed by atoms with Crippen LogP contribution in [0.15, 0.2) is 30.9 Å². The Labute approximate surface area is 186 Å². The zero-order valence-electron chi connectivity index (χ0n) is 17.7. The lowest BCUT2D eigenvalue weighted by atomic mass is 9.92. The molecule has 3 atom stereocenters. The number of Topliss-reactive ketones (excluding diaryl/α,β-unsaturated/α-hetero) is 1. The number of thiazole rings is 1. The third kappa shape index (κ3) is 7.03. The molecule has 2 rings (SSSR count). The van der Waals surface area contributed by atoms with Crippen molar-refractivity contribution in [3.05, 3.63) is 40.9 Å². The minimum absolute atomic E-state index is 0.0361. The number of allylic oxidation sites excluding steroid dienone is 1. The number of benzene rings is 1. The van der Waals surface area contributed by atoms with E-state index >= 15 is 0 Å². The van der Waals surface area contributed by atoms with E-state index < -0.39 is 5.92 Å². The Morgan fingerprint density at radius 1 is 1.33 bits per heavy atom. The van der Waals surface area contributed by atoms with Crippen LogP contribution in [0.4, 0.5) is 0 Å². The normalized spacial score (nSPS) is 14.1. The van der Waals surface area contributed by atoms with Gasteiger partial charge in [-0.3, -0.25) is 9.59 Å². The Bertz CT molecular complexity index is 924. The summed E-state index contributed by atoms with van der Waals surface area (Å²) in [4.78, 5) is 41.2. The minimum atomic E-state index is -0.500. The average Bonchev–Trinajstić information content (AvgIpc) is 3.10. The van der Waals surface area contributed by atoms with Crippen molar-refractivity contribution in [2.75, 3.05) is 0 Å². The van der Waals surface area contributed by atoms with Crippen LogP contribution in [0.5, 0.6) is 0 Å². The van der Waals surface area contributed by atoms with Gasteiger partial charge in [-0.2, -0.15) is 0 Å². The third-order valence-corrected chi connectivity index (χ3v) is 6.58. The van der Waals surface area contributed by atoms with Crippen LogP contribution >= 0.6 is 22.9 Å². The van der Waals surface area contributed by atoms with Gasteiger partial charge >= 0.3 is 0 Å². The van der Waals surface area contributed by atoms with Gasteiger partial charge in [0, 0.05) is 30.3 Å². The first-order valence-corrected chi connectivity index (χ1v) is 11.4. The Kier molecular flexibility index (Phi) is 9.18. The first-order chi connectivity index (χ1) is 14.2. The van der Waals surface area contributed by atoms with Crippen molar-refractivity contribution in [2.45, 2.75) is 58.9 Å². The molecule has 0 aliphatic rings. The summed E-state index contributed by atoms with van der Waals surface area (Å²) in [6.07, 6.45) is 3.63. The van der Waals surface area contributed by atoms with Crippen molar-refractivity contribution in [1.29, 1.82) is 0 Å². The summed E-state index contributed by atoms with van der Waals surface area (Å²) in [5, 5.41) is 4.54. The SMILES string of the molecule is C=CC(=O)CC[C@@H](NC(=O)[C@@H](CC(C)=O)Cc1nc2ccc(Cl)cc2s1)[C@@H](C)CC. The van der Waals surface area contributed by atoms with E-state index in [4.69, 9.17) is 11.6 Å². The number of hydrogen-bond acceptors (Lipinski definition) is 5. The highest BCUT2D eigenvalue weighted by molar-refractivity contribution is 7.18. The zero-order chi connectivity index (χ0) is 22.3. The first-order valence-electron chi connectivity index (χ1n) is 10.2. The molecule has 0 radical (unpaired) electrons. The quantitative estimate of drug-likeness (QED) is 0.455. The molecule has 30 heavy (non-hydrogen) atoms.